The summed E-state index contributed by atoms with van der Waals surface area (Å²) in [5.41, 5.74) is 4.60. The van der Waals surface area contributed by atoms with Gasteiger partial charge in [0.05, 0.1) is 12.3 Å². The van der Waals surface area contributed by atoms with Gasteiger partial charge in [0.1, 0.15) is 5.65 Å². The van der Waals surface area contributed by atoms with Crippen molar-refractivity contribution < 1.29 is 9.47 Å². The number of fused-ring (bicyclic) bond motifs is 2. The van der Waals surface area contributed by atoms with Gasteiger partial charge in [0, 0.05) is 36.1 Å². The molecule has 0 radical (unpaired) electrons. The lowest BCUT2D eigenvalue weighted by molar-refractivity contribution is 0.174. The summed E-state index contributed by atoms with van der Waals surface area (Å²) in [4.78, 5) is 20.0. The predicted octanol–water partition coefficient (Wildman–Crippen LogP) is 4.22. The van der Waals surface area contributed by atoms with Crippen LogP contribution >= 0.6 is 0 Å². The summed E-state index contributed by atoms with van der Waals surface area (Å²) in [6.07, 6.45) is 5.17. The fourth-order valence-electron chi connectivity index (χ4n) is 3.28. The van der Waals surface area contributed by atoms with Gasteiger partial charge in [-0.3, -0.25) is 0 Å². The number of nitrogens with one attached hydrogen (secondary N) is 2. The Balaban J connectivity index is 1.46. The molecule has 29 heavy (non-hydrogen) atoms. The maximum atomic E-state index is 7.49. The summed E-state index contributed by atoms with van der Waals surface area (Å²) >= 11 is 0. The second-order valence-electron chi connectivity index (χ2n) is 6.69. The number of ether oxygens (including phenoxy) is 2. The van der Waals surface area contributed by atoms with E-state index >= 15 is 0 Å². The van der Waals surface area contributed by atoms with Crippen molar-refractivity contribution in [3.05, 3.63) is 65.4 Å². The molecular weight excluding hydrogens is 368 g/mol. The van der Waals surface area contributed by atoms with E-state index in [-0.39, 0.29) is 6.79 Å². The number of aryl methyl sites for hydroxylation is 1. The van der Waals surface area contributed by atoms with Gasteiger partial charge in [0.15, 0.2) is 11.5 Å². The van der Waals surface area contributed by atoms with E-state index in [0.29, 0.717) is 23.9 Å². The number of H-pyrrole nitrogens is 1. The van der Waals surface area contributed by atoms with Gasteiger partial charge in [-0.05, 0) is 36.2 Å². The summed E-state index contributed by atoms with van der Waals surface area (Å²) in [5.74, 6) is 1.92. The van der Waals surface area contributed by atoms with Crippen LogP contribution in [0.15, 0.2) is 42.9 Å². The quantitative estimate of drug-likeness (QED) is 0.512. The molecule has 0 spiro atoms. The first kappa shape index (κ1) is 17.0. The van der Waals surface area contributed by atoms with Crippen LogP contribution in [0, 0.1) is 13.5 Å². The topological polar surface area (TPSA) is 89.3 Å². The minimum Gasteiger partial charge on any atom is -0.454 e. The van der Waals surface area contributed by atoms with Crippen LogP contribution in [0.3, 0.4) is 0 Å². The fraction of sp³-hybridized carbons (Fsp3) is 0.143. The third-order valence-corrected chi connectivity index (χ3v) is 4.70. The van der Waals surface area contributed by atoms with Gasteiger partial charge in [-0.15, -0.1) is 0 Å². The first-order valence-electron chi connectivity index (χ1n) is 9.02. The molecule has 1 aliphatic rings. The summed E-state index contributed by atoms with van der Waals surface area (Å²) in [5, 5.41) is 4.14. The Morgan fingerprint density at radius 3 is 2.97 bits per heavy atom. The highest BCUT2D eigenvalue weighted by molar-refractivity contribution is 5.96. The monoisotopic (exact) mass is 384 g/mol. The summed E-state index contributed by atoms with van der Waals surface area (Å²) < 4.78 is 10.8. The summed E-state index contributed by atoms with van der Waals surface area (Å²) in [6.45, 7) is 10.2. The van der Waals surface area contributed by atoms with Crippen molar-refractivity contribution in [2.45, 2.75) is 13.5 Å². The van der Waals surface area contributed by atoms with Crippen molar-refractivity contribution in [3.8, 4) is 22.8 Å². The number of pyridine rings is 1. The van der Waals surface area contributed by atoms with Gasteiger partial charge in [0.25, 0.3) is 0 Å². The molecule has 0 aliphatic carbocycles. The molecule has 1 aliphatic heterocycles. The van der Waals surface area contributed by atoms with Crippen molar-refractivity contribution in [3.63, 3.8) is 0 Å². The molecule has 142 valence electrons. The van der Waals surface area contributed by atoms with E-state index in [1.54, 1.807) is 12.4 Å². The van der Waals surface area contributed by atoms with Crippen molar-refractivity contribution >= 4 is 22.7 Å². The highest BCUT2D eigenvalue weighted by atomic mass is 16.7. The number of rotatable bonds is 4. The average molecular weight is 384 g/mol. The van der Waals surface area contributed by atoms with Crippen molar-refractivity contribution in [2.75, 3.05) is 12.1 Å². The number of aromatic amines is 1. The Morgan fingerprint density at radius 2 is 2.07 bits per heavy atom. The van der Waals surface area contributed by atoms with Crippen LogP contribution in [0.25, 0.3) is 27.1 Å². The van der Waals surface area contributed by atoms with Gasteiger partial charge in [-0.25, -0.2) is 19.8 Å². The lowest BCUT2D eigenvalue weighted by Gasteiger charge is -2.09. The summed E-state index contributed by atoms with van der Waals surface area (Å²) in [6, 6.07) is 7.81. The Hall–Kier alpha value is -4.12. The zero-order valence-electron chi connectivity index (χ0n) is 15.6. The molecule has 4 aromatic rings. The molecule has 0 saturated heterocycles. The molecular formula is C21H16N6O2. The van der Waals surface area contributed by atoms with Crippen molar-refractivity contribution in [1.82, 2.24) is 19.9 Å². The first-order chi connectivity index (χ1) is 14.2. The maximum absolute atomic E-state index is 7.49. The summed E-state index contributed by atoms with van der Waals surface area (Å²) in [7, 11) is 0. The molecule has 0 amide bonds. The van der Waals surface area contributed by atoms with Gasteiger partial charge in [0.2, 0.25) is 18.4 Å². The van der Waals surface area contributed by atoms with Crippen LogP contribution in [0.1, 0.15) is 11.1 Å². The molecule has 8 heteroatoms. The fourth-order valence-corrected chi connectivity index (χ4v) is 3.28. The Labute approximate surface area is 166 Å². The van der Waals surface area contributed by atoms with E-state index in [0.717, 1.165) is 39.2 Å². The molecule has 4 heterocycles. The highest BCUT2D eigenvalue weighted by Gasteiger charge is 2.16. The standard InChI is InChI=1S/C21H16N6O2/c1-12-5-14-15(9-24-20(14)23-7-12)19-16(22-2)10-26-21(27-19)25-8-13-3-4-17-18(6-13)29-11-28-17/h3-7,9-10H,8,11H2,1H3,(H,23,24)(H,25,26,27). The Bertz CT molecular complexity index is 1270. The molecule has 8 nitrogen and oxygen atoms in total. The number of hydrogen-bond donors (Lipinski definition) is 2. The van der Waals surface area contributed by atoms with Crippen LogP contribution in [0.4, 0.5) is 11.6 Å². The number of anilines is 1. The molecule has 2 N–H and O–H groups in total. The van der Waals surface area contributed by atoms with E-state index in [9.17, 15) is 0 Å². The Kier molecular flexibility index (Phi) is 3.99. The lowest BCUT2D eigenvalue weighted by atomic mass is 10.1. The minimum atomic E-state index is 0.246. The number of nitrogens with zero attached hydrogens (tertiary/aromatic N) is 4. The third-order valence-electron chi connectivity index (χ3n) is 4.70. The molecule has 0 fully saturated rings. The smallest absolute Gasteiger partial charge is 0.231 e. The van der Waals surface area contributed by atoms with E-state index in [1.807, 2.05) is 37.4 Å². The zero-order chi connectivity index (χ0) is 19.8. The molecule has 0 unspecified atom stereocenters. The first-order valence-corrected chi connectivity index (χ1v) is 9.02. The number of hydrogen-bond acceptors (Lipinski definition) is 6. The van der Waals surface area contributed by atoms with E-state index < -0.39 is 0 Å². The van der Waals surface area contributed by atoms with Gasteiger partial charge < -0.3 is 19.8 Å². The number of aromatic nitrogens is 4. The van der Waals surface area contributed by atoms with Crippen molar-refractivity contribution in [1.29, 1.82) is 0 Å². The second kappa shape index (κ2) is 6.80. The zero-order valence-corrected chi connectivity index (χ0v) is 15.6. The minimum absolute atomic E-state index is 0.246. The van der Waals surface area contributed by atoms with Gasteiger partial charge in [-0.2, -0.15) is 0 Å². The highest BCUT2D eigenvalue weighted by Crippen LogP contribution is 2.35. The molecule has 0 atom stereocenters. The van der Waals surface area contributed by atoms with E-state index in [4.69, 9.17) is 16.0 Å². The molecule has 0 saturated carbocycles. The Morgan fingerprint density at radius 1 is 1.17 bits per heavy atom. The molecule has 3 aromatic heterocycles. The maximum Gasteiger partial charge on any atom is 0.231 e. The number of benzene rings is 1. The molecule has 0 bridgehead atoms. The third kappa shape index (κ3) is 3.08. The molecule has 1 aromatic carbocycles. The van der Waals surface area contributed by atoms with Gasteiger partial charge in [-0.1, -0.05) is 6.07 Å². The van der Waals surface area contributed by atoms with Crippen molar-refractivity contribution in [2.24, 2.45) is 0 Å². The van der Waals surface area contributed by atoms with E-state index in [1.165, 1.54) is 0 Å². The van der Waals surface area contributed by atoms with Crippen LogP contribution < -0.4 is 14.8 Å². The normalized spacial score (nSPS) is 12.1. The van der Waals surface area contributed by atoms with Crippen LogP contribution in [0.2, 0.25) is 0 Å². The van der Waals surface area contributed by atoms with Crippen LogP contribution in [-0.2, 0) is 6.54 Å². The van der Waals surface area contributed by atoms with E-state index in [2.05, 4.69) is 30.1 Å². The molecule has 5 rings (SSSR count). The largest absolute Gasteiger partial charge is 0.454 e. The lowest BCUT2D eigenvalue weighted by Crippen LogP contribution is -2.04. The second-order valence-corrected chi connectivity index (χ2v) is 6.69. The van der Waals surface area contributed by atoms with Crippen LogP contribution in [-0.4, -0.2) is 26.7 Å². The predicted molar refractivity (Wildman–Crippen MR) is 108 cm³/mol. The van der Waals surface area contributed by atoms with Gasteiger partial charge >= 0.3 is 0 Å². The average Bonchev–Trinajstić information content (AvgIpc) is 3.38. The van der Waals surface area contributed by atoms with Crippen LogP contribution in [0.5, 0.6) is 11.5 Å². The SMILES string of the molecule is [C-]#[N+]c1cnc(NCc2ccc3c(c2)OCO3)nc1-c1c[nH]c2ncc(C)cc12.